The van der Waals surface area contributed by atoms with Gasteiger partial charge in [-0.05, 0) is 73.2 Å². The van der Waals surface area contributed by atoms with Gasteiger partial charge in [0.1, 0.15) is 5.75 Å². The fraction of sp³-hybridized carbons (Fsp3) is 0.167. The van der Waals surface area contributed by atoms with Gasteiger partial charge in [0.25, 0.3) is 15.9 Å². The molecule has 9 heteroatoms. The van der Waals surface area contributed by atoms with Gasteiger partial charge in [-0.2, -0.15) is 0 Å². The van der Waals surface area contributed by atoms with Crippen molar-refractivity contribution < 1.29 is 17.9 Å². The van der Waals surface area contributed by atoms with Crippen LogP contribution in [0.1, 0.15) is 30.1 Å². The highest BCUT2D eigenvalue weighted by Gasteiger charge is 2.14. The second kappa shape index (κ2) is 11.4. The van der Waals surface area contributed by atoms with Crippen LogP contribution < -0.4 is 20.1 Å². The summed E-state index contributed by atoms with van der Waals surface area (Å²) in [6.07, 6.45) is 1.96. The van der Waals surface area contributed by atoms with Crippen molar-refractivity contribution in [1.29, 1.82) is 0 Å². The zero-order valence-corrected chi connectivity index (χ0v) is 19.7. The lowest BCUT2D eigenvalue weighted by atomic mass is 10.2. The summed E-state index contributed by atoms with van der Waals surface area (Å²) in [6, 6.07) is 21.6. The monoisotopic (exact) mass is 483 g/mol. The number of amides is 1. The first kappa shape index (κ1) is 24.2. The van der Waals surface area contributed by atoms with E-state index in [2.05, 4.69) is 22.3 Å². The number of para-hydroxylation sites is 1. The Bertz CT molecular complexity index is 1200. The van der Waals surface area contributed by atoms with Crippen molar-refractivity contribution in [3.05, 3.63) is 84.4 Å². The van der Waals surface area contributed by atoms with E-state index >= 15 is 0 Å². The van der Waals surface area contributed by atoms with Crippen LogP contribution in [-0.2, 0) is 10.0 Å². The third-order valence-corrected chi connectivity index (χ3v) is 6.14. The van der Waals surface area contributed by atoms with Crippen molar-refractivity contribution in [2.75, 3.05) is 16.6 Å². The van der Waals surface area contributed by atoms with Crippen LogP contribution in [0, 0.1) is 0 Å². The molecule has 3 N–H and O–H groups in total. The van der Waals surface area contributed by atoms with E-state index < -0.39 is 10.0 Å². The third kappa shape index (κ3) is 7.30. The van der Waals surface area contributed by atoms with E-state index in [1.54, 1.807) is 66.7 Å². The number of sulfonamides is 1. The fourth-order valence-electron chi connectivity index (χ4n) is 2.84. The fourth-order valence-corrected chi connectivity index (χ4v) is 4.11. The zero-order valence-electron chi connectivity index (χ0n) is 18.1. The minimum Gasteiger partial charge on any atom is -0.494 e. The SMILES string of the molecule is CCCCOc1cccc(C(=O)NC(=S)Nc2ccc(S(=O)(=O)Nc3ccccc3)cc2)c1. The Morgan fingerprint density at radius 2 is 1.67 bits per heavy atom. The highest BCUT2D eigenvalue weighted by Crippen LogP contribution is 2.18. The maximum absolute atomic E-state index is 12.5. The quantitative estimate of drug-likeness (QED) is 0.299. The number of unbranched alkanes of at least 4 members (excludes halogenated alkanes) is 1. The highest BCUT2D eigenvalue weighted by atomic mass is 32.2. The van der Waals surface area contributed by atoms with Crippen LogP contribution in [0.4, 0.5) is 11.4 Å². The molecule has 0 radical (unpaired) electrons. The van der Waals surface area contributed by atoms with Crippen LogP contribution in [0.25, 0.3) is 0 Å². The smallest absolute Gasteiger partial charge is 0.261 e. The van der Waals surface area contributed by atoms with E-state index in [0.29, 0.717) is 29.3 Å². The molecule has 0 aromatic heterocycles. The molecule has 7 nitrogen and oxygen atoms in total. The molecule has 3 aromatic carbocycles. The molecular weight excluding hydrogens is 458 g/mol. The van der Waals surface area contributed by atoms with Crippen LogP contribution in [0.3, 0.4) is 0 Å². The minimum absolute atomic E-state index is 0.0929. The summed E-state index contributed by atoms with van der Waals surface area (Å²) in [5.74, 6) is 0.246. The molecule has 0 aliphatic heterocycles. The van der Waals surface area contributed by atoms with Crippen LogP contribution in [0.2, 0.25) is 0 Å². The predicted octanol–water partition coefficient (Wildman–Crippen LogP) is 4.79. The summed E-state index contributed by atoms with van der Waals surface area (Å²) in [5.41, 5.74) is 1.43. The minimum atomic E-state index is -3.72. The average molecular weight is 484 g/mol. The van der Waals surface area contributed by atoms with Crippen LogP contribution in [0.5, 0.6) is 5.75 Å². The van der Waals surface area contributed by atoms with Crippen molar-refractivity contribution in [2.45, 2.75) is 24.7 Å². The van der Waals surface area contributed by atoms with Gasteiger partial charge in [0, 0.05) is 16.9 Å². The number of carbonyl (C=O) groups is 1. The maximum Gasteiger partial charge on any atom is 0.261 e. The molecular formula is C24H25N3O4S2. The van der Waals surface area contributed by atoms with Gasteiger partial charge in [-0.3, -0.25) is 14.8 Å². The lowest BCUT2D eigenvalue weighted by Crippen LogP contribution is -2.34. The Morgan fingerprint density at radius 3 is 2.36 bits per heavy atom. The molecule has 172 valence electrons. The van der Waals surface area contributed by atoms with Crippen LogP contribution in [-0.4, -0.2) is 26.0 Å². The maximum atomic E-state index is 12.5. The van der Waals surface area contributed by atoms with Crippen molar-refractivity contribution in [1.82, 2.24) is 5.32 Å². The summed E-state index contributed by atoms with van der Waals surface area (Å²) in [7, 11) is -3.72. The number of anilines is 2. The Morgan fingerprint density at radius 1 is 0.939 bits per heavy atom. The van der Waals surface area contributed by atoms with Crippen molar-refractivity contribution >= 4 is 44.6 Å². The van der Waals surface area contributed by atoms with Crippen LogP contribution >= 0.6 is 12.2 Å². The van der Waals surface area contributed by atoms with Gasteiger partial charge in [0.15, 0.2) is 5.11 Å². The molecule has 3 aromatic rings. The second-order valence-electron chi connectivity index (χ2n) is 7.13. The molecule has 0 spiro atoms. The second-order valence-corrected chi connectivity index (χ2v) is 9.22. The van der Waals surface area contributed by atoms with E-state index in [0.717, 1.165) is 12.8 Å². The van der Waals surface area contributed by atoms with Gasteiger partial charge in [-0.15, -0.1) is 0 Å². The van der Waals surface area contributed by atoms with Crippen LogP contribution in [0.15, 0.2) is 83.8 Å². The Balaban J connectivity index is 1.57. The Kier molecular flexibility index (Phi) is 8.39. The summed E-state index contributed by atoms with van der Waals surface area (Å²) in [6.45, 7) is 2.67. The van der Waals surface area contributed by atoms with Crippen molar-refractivity contribution in [3.63, 3.8) is 0 Å². The van der Waals surface area contributed by atoms with E-state index in [1.807, 2.05) is 0 Å². The van der Waals surface area contributed by atoms with E-state index in [9.17, 15) is 13.2 Å². The zero-order chi connectivity index (χ0) is 23.7. The van der Waals surface area contributed by atoms with Gasteiger partial charge in [0.05, 0.1) is 11.5 Å². The van der Waals surface area contributed by atoms with E-state index in [4.69, 9.17) is 17.0 Å². The van der Waals surface area contributed by atoms with Gasteiger partial charge < -0.3 is 10.1 Å². The molecule has 0 unspecified atom stereocenters. The molecule has 0 saturated carbocycles. The number of carbonyl (C=O) groups excluding carboxylic acids is 1. The lowest BCUT2D eigenvalue weighted by Gasteiger charge is -2.12. The first-order valence-corrected chi connectivity index (χ1v) is 12.3. The Hall–Kier alpha value is -3.43. The number of rotatable bonds is 9. The first-order chi connectivity index (χ1) is 15.9. The summed E-state index contributed by atoms with van der Waals surface area (Å²) < 4.78 is 33.2. The molecule has 0 aliphatic rings. The number of benzene rings is 3. The molecule has 0 aliphatic carbocycles. The topological polar surface area (TPSA) is 96.5 Å². The molecule has 0 saturated heterocycles. The molecule has 33 heavy (non-hydrogen) atoms. The van der Waals surface area contributed by atoms with Gasteiger partial charge in [0.2, 0.25) is 0 Å². The van der Waals surface area contributed by atoms with Crippen molar-refractivity contribution in [3.8, 4) is 5.75 Å². The molecule has 0 heterocycles. The summed E-state index contributed by atoms with van der Waals surface area (Å²) >= 11 is 5.22. The lowest BCUT2D eigenvalue weighted by molar-refractivity contribution is 0.0977. The number of nitrogens with one attached hydrogen (secondary N) is 3. The number of ether oxygens (including phenoxy) is 1. The Labute approximate surface area is 199 Å². The van der Waals surface area contributed by atoms with E-state index in [-0.39, 0.29) is 15.9 Å². The largest absolute Gasteiger partial charge is 0.494 e. The summed E-state index contributed by atoms with van der Waals surface area (Å²) in [4.78, 5) is 12.6. The predicted molar refractivity (Wildman–Crippen MR) is 134 cm³/mol. The normalized spacial score (nSPS) is 10.8. The van der Waals surface area contributed by atoms with E-state index in [1.165, 1.54) is 12.1 Å². The average Bonchev–Trinajstić information content (AvgIpc) is 2.80. The van der Waals surface area contributed by atoms with Gasteiger partial charge >= 0.3 is 0 Å². The molecule has 0 bridgehead atoms. The van der Waals surface area contributed by atoms with Crippen molar-refractivity contribution in [2.24, 2.45) is 0 Å². The third-order valence-electron chi connectivity index (χ3n) is 4.54. The molecule has 0 fully saturated rings. The van der Waals surface area contributed by atoms with Gasteiger partial charge in [-0.25, -0.2) is 8.42 Å². The first-order valence-electron chi connectivity index (χ1n) is 10.4. The molecule has 3 rings (SSSR count). The molecule has 1 amide bonds. The van der Waals surface area contributed by atoms with Gasteiger partial charge in [-0.1, -0.05) is 37.6 Å². The number of hydrogen-bond donors (Lipinski definition) is 3. The highest BCUT2D eigenvalue weighted by molar-refractivity contribution is 7.92. The standard InChI is InChI=1S/C24H25N3O4S2/c1-2-3-16-31-21-11-7-8-18(17-21)23(28)26-24(32)25-19-12-14-22(15-13-19)33(29,30)27-20-9-5-4-6-10-20/h4-15,17,27H,2-3,16H2,1H3,(H2,25,26,28,32). The number of thiocarbonyl (C=S) groups is 1. The summed E-state index contributed by atoms with van der Waals surface area (Å²) in [5, 5.41) is 5.59. The molecule has 0 atom stereocenters. The number of hydrogen-bond acceptors (Lipinski definition) is 5.